The van der Waals surface area contributed by atoms with Crippen molar-refractivity contribution in [1.29, 1.82) is 0 Å². The zero-order valence-corrected chi connectivity index (χ0v) is 20.1. The van der Waals surface area contributed by atoms with Crippen LogP contribution in [0, 0.1) is 0 Å². The minimum absolute atomic E-state index is 0.0311. The van der Waals surface area contributed by atoms with Gasteiger partial charge in [0.25, 0.3) is 0 Å². The van der Waals surface area contributed by atoms with Crippen molar-refractivity contribution < 1.29 is 19.0 Å². The van der Waals surface area contributed by atoms with E-state index in [1.165, 1.54) is 12.4 Å². The molecule has 0 radical (unpaired) electrons. The quantitative estimate of drug-likeness (QED) is 0.458. The third-order valence-corrected chi connectivity index (χ3v) is 6.05. The summed E-state index contributed by atoms with van der Waals surface area (Å²) in [7, 11) is 3.23. The zero-order valence-electron chi connectivity index (χ0n) is 18.5. The van der Waals surface area contributed by atoms with Crippen molar-refractivity contribution in [1.82, 2.24) is 14.9 Å². The van der Waals surface area contributed by atoms with Crippen LogP contribution in [0.5, 0.6) is 17.2 Å². The molecule has 1 aliphatic rings. The highest BCUT2D eigenvalue weighted by atomic mass is 79.9. The molecule has 33 heavy (non-hydrogen) atoms. The highest BCUT2D eigenvalue weighted by Crippen LogP contribution is 2.37. The van der Waals surface area contributed by atoms with E-state index in [0.717, 1.165) is 33.9 Å². The molecule has 0 aliphatic carbocycles. The van der Waals surface area contributed by atoms with Crippen molar-refractivity contribution in [2.75, 3.05) is 32.6 Å². The van der Waals surface area contributed by atoms with Gasteiger partial charge >= 0.3 is 0 Å². The van der Waals surface area contributed by atoms with E-state index >= 15 is 0 Å². The number of rotatable bonds is 7. The lowest BCUT2D eigenvalue weighted by atomic mass is 10.1. The van der Waals surface area contributed by atoms with E-state index in [1.54, 1.807) is 19.1 Å². The average Bonchev–Trinajstić information content (AvgIpc) is 2.84. The van der Waals surface area contributed by atoms with Crippen LogP contribution < -0.4 is 19.5 Å². The molecule has 0 atom stereocenters. The average molecular weight is 513 g/mol. The maximum atomic E-state index is 11.8. The summed E-state index contributed by atoms with van der Waals surface area (Å²) in [6.45, 7) is 4.82. The maximum Gasteiger partial charge on any atom is 0.245 e. The number of methoxy groups -OCH3 is 2. The molecule has 0 spiro atoms. The highest BCUT2D eigenvalue weighted by Gasteiger charge is 2.24. The molecule has 2 aromatic carbocycles. The molecule has 9 heteroatoms. The summed E-state index contributed by atoms with van der Waals surface area (Å²) >= 11 is 3.50. The molecule has 8 nitrogen and oxygen atoms in total. The molecular weight excluding hydrogens is 488 g/mol. The maximum absolute atomic E-state index is 11.8. The SMILES string of the molecule is C=CC(=O)N1CCC(Oc2cc3c(Nc4cc(Br)ccc4OC)ncnc3cc2OC)CC1. The lowest BCUT2D eigenvalue weighted by molar-refractivity contribution is -0.127. The Bertz CT molecular complexity index is 1180. The van der Waals surface area contributed by atoms with E-state index in [2.05, 4.69) is 37.8 Å². The van der Waals surface area contributed by atoms with Gasteiger partial charge in [-0.15, -0.1) is 0 Å². The fraction of sp³-hybridized carbons (Fsp3) is 0.292. The fourth-order valence-corrected chi connectivity index (χ4v) is 4.18. The third-order valence-electron chi connectivity index (χ3n) is 5.56. The van der Waals surface area contributed by atoms with Gasteiger partial charge in [-0.25, -0.2) is 9.97 Å². The van der Waals surface area contributed by atoms with Crippen LogP contribution in [0.4, 0.5) is 11.5 Å². The second-order valence-corrected chi connectivity index (χ2v) is 8.47. The van der Waals surface area contributed by atoms with E-state index < -0.39 is 0 Å². The van der Waals surface area contributed by atoms with Crippen LogP contribution in [-0.4, -0.2) is 54.2 Å². The van der Waals surface area contributed by atoms with E-state index in [1.807, 2.05) is 30.3 Å². The number of nitrogens with zero attached hydrogens (tertiary/aromatic N) is 3. The normalized spacial score (nSPS) is 14.1. The smallest absolute Gasteiger partial charge is 0.245 e. The largest absolute Gasteiger partial charge is 0.495 e. The van der Waals surface area contributed by atoms with Gasteiger partial charge in [-0.1, -0.05) is 22.5 Å². The minimum atomic E-state index is -0.0485. The van der Waals surface area contributed by atoms with Gasteiger partial charge in [0.05, 0.1) is 25.4 Å². The zero-order chi connectivity index (χ0) is 23.4. The van der Waals surface area contributed by atoms with Crippen LogP contribution in [0.1, 0.15) is 12.8 Å². The van der Waals surface area contributed by atoms with Crippen LogP contribution in [-0.2, 0) is 4.79 Å². The number of carbonyl (C=O) groups excluding carboxylic acids is 1. The summed E-state index contributed by atoms with van der Waals surface area (Å²) in [5.74, 6) is 2.47. The van der Waals surface area contributed by atoms with Crippen molar-refractivity contribution in [3.05, 3.63) is 53.8 Å². The number of nitrogens with one attached hydrogen (secondary N) is 1. The first-order chi connectivity index (χ1) is 16.0. The van der Waals surface area contributed by atoms with Crippen molar-refractivity contribution in [2.45, 2.75) is 18.9 Å². The molecule has 1 N–H and O–H groups in total. The first-order valence-corrected chi connectivity index (χ1v) is 11.3. The Labute approximate surface area is 200 Å². The number of benzene rings is 2. The predicted molar refractivity (Wildman–Crippen MR) is 130 cm³/mol. The van der Waals surface area contributed by atoms with Gasteiger partial charge in [0, 0.05) is 41.9 Å². The van der Waals surface area contributed by atoms with E-state index in [9.17, 15) is 4.79 Å². The standard InChI is InChI=1S/C24H25BrN4O4/c1-4-23(30)29-9-7-16(8-10-29)33-22-12-17-18(13-21(22)32-3)26-14-27-24(17)28-19-11-15(25)5-6-20(19)31-2/h4-6,11-14,16H,1,7-10H2,2-3H3,(H,26,27,28). The number of carbonyl (C=O) groups is 1. The van der Waals surface area contributed by atoms with Crippen molar-refractivity contribution >= 4 is 44.2 Å². The summed E-state index contributed by atoms with van der Waals surface area (Å²) in [6, 6.07) is 9.43. The topological polar surface area (TPSA) is 85.8 Å². The Morgan fingerprint density at radius 1 is 1.12 bits per heavy atom. The van der Waals surface area contributed by atoms with Crippen molar-refractivity contribution in [2.24, 2.45) is 0 Å². The monoisotopic (exact) mass is 512 g/mol. The number of halogens is 1. The Balaban J connectivity index is 1.63. The van der Waals surface area contributed by atoms with Gasteiger partial charge in [0.2, 0.25) is 5.91 Å². The van der Waals surface area contributed by atoms with Crippen molar-refractivity contribution in [3.63, 3.8) is 0 Å². The molecule has 1 amide bonds. The summed E-state index contributed by atoms with van der Waals surface area (Å²) in [5.41, 5.74) is 1.49. The Morgan fingerprint density at radius 2 is 1.88 bits per heavy atom. The number of hydrogen-bond acceptors (Lipinski definition) is 7. The number of amides is 1. The van der Waals surface area contributed by atoms with Gasteiger partial charge in [0.15, 0.2) is 11.5 Å². The van der Waals surface area contributed by atoms with Gasteiger partial charge in [-0.2, -0.15) is 0 Å². The lowest BCUT2D eigenvalue weighted by Gasteiger charge is -2.31. The second-order valence-electron chi connectivity index (χ2n) is 7.56. The molecule has 1 aromatic heterocycles. The lowest BCUT2D eigenvalue weighted by Crippen LogP contribution is -2.41. The molecule has 0 unspecified atom stereocenters. The van der Waals surface area contributed by atoms with Crippen LogP contribution in [0.15, 0.2) is 53.8 Å². The van der Waals surface area contributed by atoms with Crippen molar-refractivity contribution in [3.8, 4) is 17.2 Å². The Kier molecular flexibility index (Phi) is 6.98. The van der Waals surface area contributed by atoms with Gasteiger partial charge in [0.1, 0.15) is 24.0 Å². The number of hydrogen-bond donors (Lipinski definition) is 1. The number of piperidine rings is 1. The van der Waals surface area contributed by atoms with Crippen LogP contribution in [0.3, 0.4) is 0 Å². The Morgan fingerprint density at radius 3 is 2.58 bits per heavy atom. The number of aromatic nitrogens is 2. The van der Waals surface area contributed by atoms with E-state index in [0.29, 0.717) is 36.2 Å². The fourth-order valence-electron chi connectivity index (χ4n) is 3.82. The number of anilines is 2. The molecule has 1 aliphatic heterocycles. The molecule has 1 fully saturated rings. The summed E-state index contributed by atoms with van der Waals surface area (Å²) in [6.07, 6.45) is 4.28. The second kappa shape index (κ2) is 10.1. The molecule has 1 saturated heterocycles. The summed E-state index contributed by atoms with van der Waals surface area (Å²) in [5, 5.41) is 4.13. The molecular formula is C24H25BrN4O4. The highest BCUT2D eigenvalue weighted by molar-refractivity contribution is 9.10. The minimum Gasteiger partial charge on any atom is -0.495 e. The van der Waals surface area contributed by atoms with Gasteiger partial charge in [-0.05, 0) is 30.3 Å². The van der Waals surface area contributed by atoms with Gasteiger partial charge in [-0.3, -0.25) is 4.79 Å². The Hall–Kier alpha value is -3.33. The summed E-state index contributed by atoms with van der Waals surface area (Å²) < 4.78 is 18.3. The summed E-state index contributed by atoms with van der Waals surface area (Å²) in [4.78, 5) is 22.5. The first kappa shape index (κ1) is 22.8. The van der Waals surface area contributed by atoms with Crippen LogP contribution in [0.25, 0.3) is 10.9 Å². The molecule has 4 rings (SSSR count). The van der Waals surface area contributed by atoms with E-state index in [4.69, 9.17) is 14.2 Å². The molecule has 3 aromatic rings. The predicted octanol–water partition coefficient (Wildman–Crippen LogP) is 4.71. The third kappa shape index (κ3) is 5.03. The van der Waals surface area contributed by atoms with Crippen LogP contribution in [0.2, 0.25) is 0 Å². The molecule has 2 heterocycles. The van der Waals surface area contributed by atoms with Gasteiger partial charge < -0.3 is 24.4 Å². The number of fused-ring (bicyclic) bond motifs is 1. The number of likely N-dealkylation sites (tertiary alicyclic amines) is 1. The molecule has 172 valence electrons. The molecule has 0 saturated carbocycles. The van der Waals surface area contributed by atoms with E-state index in [-0.39, 0.29) is 12.0 Å². The van der Waals surface area contributed by atoms with Crippen LogP contribution >= 0.6 is 15.9 Å². The molecule has 0 bridgehead atoms. The number of ether oxygens (including phenoxy) is 3. The first-order valence-electron chi connectivity index (χ1n) is 10.5.